The molecule has 0 aliphatic carbocycles. The minimum atomic E-state index is -0.882. The Balaban J connectivity index is 2.20. The summed E-state index contributed by atoms with van der Waals surface area (Å²) in [6.45, 7) is 4.08. The number of carboxylic acids is 1. The van der Waals surface area contributed by atoms with Gasteiger partial charge in [-0.25, -0.2) is 4.79 Å². The van der Waals surface area contributed by atoms with E-state index in [0.29, 0.717) is 5.56 Å². The number of carbonyl (C=O) groups is 1. The van der Waals surface area contributed by atoms with Gasteiger partial charge in [0.05, 0.1) is 5.56 Å². The van der Waals surface area contributed by atoms with Gasteiger partial charge in [-0.05, 0) is 54.8 Å². The van der Waals surface area contributed by atoms with Gasteiger partial charge in [-0.3, -0.25) is 0 Å². The Bertz CT molecular complexity index is 588. The van der Waals surface area contributed by atoms with Crippen LogP contribution < -0.4 is 0 Å². The zero-order valence-electron chi connectivity index (χ0n) is 11.0. The summed E-state index contributed by atoms with van der Waals surface area (Å²) in [7, 11) is 0. The summed E-state index contributed by atoms with van der Waals surface area (Å²) in [6.07, 6.45) is 1.04. The van der Waals surface area contributed by atoms with E-state index in [0.717, 1.165) is 16.9 Å². The van der Waals surface area contributed by atoms with Gasteiger partial charge >= 0.3 is 5.97 Å². The predicted molar refractivity (Wildman–Crippen MR) is 78.1 cm³/mol. The van der Waals surface area contributed by atoms with Crippen LogP contribution in [0.15, 0.2) is 52.3 Å². The third-order valence-electron chi connectivity index (χ3n) is 2.98. The number of aryl methyl sites for hydroxylation is 2. The van der Waals surface area contributed by atoms with Crippen molar-refractivity contribution >= 4 is 17.7 Å². The summed E-state index contributed by atoms with van der Waals surface area (Å²) in [5, 5.41) is 8.94. The second-order valence-electron chi connectivity index (χ2n) is 4.38. The molecule has 0 saturated carbocycles. The molecule has 19 heavy (non-hydrogen) atoms. The molecular weight excluding hydrogens is 256 g/mol. The monoisotopic (exact) mass is 272 g/mol. The molecule has 2 nitrogen and oxygen atoms in total. The third-order valence-corrected chi connectivity index (χ3v) is 4.17. The van der Waals surface area contributed by atoms with E-state index < -0.39 is 5.97 Å². The summed E-state index contributed by atoms with van der Waals surface area (Å²) < 4.78 is 0. The molecule has 3 heteroatoms. The lowest BCUT2D eigenvalue weighted by molar-refractivity contribution is 0.0696. The Morgan fingerprint density at radius 2 is 1.84 bits per heavy atom. The lowest BCUT2D eigenvalue weighted by Gasteiger charge is -2.07. The maximum absolute atomic E-state index is 10.9. The summed E-state index contributed by atoms with van der Waals surface area (Å²) in [5.74, 6) is -0.882. The first-order valence-electron chi connectivity index (χ1n) is 6.21. The number of carboxylic acid groups (broad SMARTS) is 1. The number of rotatable bonds is 4. The normalized spacial score (nSPS) is 10.4. The van der Waals surface area contributed by atoms with Crippen LogP contribution in [0.1, 0.15) is 28.4 Å². The van der Waals surface area contributed by atoms with Crippen LogP contribution in [0.3, 0.4) is 0 Å². The van der Waals surface area contributed by atoms with Gasteiger partial charge in [-0.1, -0.05) is 30.8 Å². The van der Waals surface area contributed by atoms with E-state index in [1.807, 2.05) is 13.0 Å². The molecule has 0 amide bonds. The Kier molecular flexibility index (Phi) is 4.27. The first-order valence-corrected chi connectivity index (χ1v) is 7.02. The number of hydrogen-bond donors (Lipinski definition) is 1. The molecule has 0 aromatic heterocycles. The molecule has 0 fully saturated rings. The lowest BCUT2D eigenvalue weighted by Crippen LogP contribution is -1.96. The van der Waals surface area contributed by atoms with Crippen molar-refractivity contribution in [2.45, 2.75) is 30.1 Å². The summed E-state index contributed by atoms with van der Waals surface area (Å²) in [5.41, 5.74) is 2.65. The summed E-state index contributed by atoms with van der Waals surface area (Å²) >= 11 is 1.66. The zero-order valence-corrected chi connectivity index (χ0v) is 11.8. The molecule has 0 atom stereocenters. The molecular formula is C16H16O2S. The highest BCUT2D eigenvalue weighted by Gasteiger charge is 2.06. The molecule has 2 aromatic rings. The van der Waals surface area contributed by atoms with E-state index in [4.69, 9.17) is 5.11 Å². The SMILES string of the molecule is CCc1ccc(Sc2ccc(C(=O)O)cc2C)cc1. The average molecular weight is 272 g/mol. The minimum absolute atomic E-state index is 0.336. The van der Waals surface area contributed by atoms with E-state index in [2.05, 4.69) is 31.2 Å². The molecule has 0 heterocycles. The molecule has 1 N–H and O–H groups in total. The van der Waals surface area contributed by atoms with E-state index in [1.165, 1.54) is 10.5 Å². The van der Waals surface area contributed by atoms with Gasteiger partial charge < -0.3 is 5.11 Å². The molecule has 0 unspecified atom stereocenters. The minimum Gasteiger partial charge on any atom is -0.478 e. The fourth-order valence-electron chi connectivity index (χ4n) is 1.82. The van der Waals surface area contributed by atoms with Crippen LogP contribution >= 0.6 is 11.8 Å². The summed E-state index contributed by atoms with van der Waals surface area (Å²) in [6, 6.07) is 13.7. The quantitative estimate of drug-likeness (QED) is 0.896. The Hall–Kier alpha value is -1.74. The van der Waals surface area contributed by atoms with Crippen LogP contribution in [-0.4, -0.2) is 11.1 Å². The van der Waals surface area contributed by atoms with Crippen molar-refractivity contribution < 1.29 is 9.90 Å². The van der Waals surface area contributed by atoms with Crippen LogP contribution in [0.4, 0.5) is 0 Å². The molecule has 0 saturated heterocycles. The van der Waals surface area contributed by atoms with Crippen molar-refractivity contribution in [2.24, 2.45) is 0 Å². The van der Waals surface area contributed by atoms with Crippen molar-refractivity contribution in [2.75, 3.05) is 0 Å². The van der Waals surface area contributed by atoms with Gasteiger partial charge in [0, 0.05) is 9.79 Å². The maximum Gasteiger partial charge on any atom is 0.335 e. The molecule has 2 rings (SSSR count). The Morgan fingerprint density at radius 1 is 1.16 bits per heavy atom. The number of benzene rings is 2. The first kappa shape index (κ1) is 13.7. The second kappa shape index (κ2) is 5.93. The number of hydrogen-bond acceptors (Lipinski definition) is 2. The van der Waals surface area contributed by atoms with Gasteiger partial charge in [-0.15, -0.1) is 0 Å². The second-order valence-corrected chi connectivity index (χ2v) is 5.50. The summed E-state index contributed by atoms with van der Waals surface area (Å²) in [4.78, 5) is 13.1. The van der Waals surface area contributed by atoms with Crippen LogP contribution in [-0.2, 0) is 6.42 Å². The third kappa shape index (κ3) is 3.38. The fourth-order valence-corrected chi connectivity index (χ4v) is 2.70. The van der Waals surface area contributed by atoms with Gasteiger partial charge in [0.25, 0.3) is 0 Å². The molecule has 0 aliphatic heterocycles. The van der Waals surface area contributed by atoms with E-state index >= 15 is 0 Å². The largest absolute Gasteiger partial charge is 0.478 e. The molecule has 0 bridgehead atoms. The van der Waals surface area contributed by atoms with Crippen LogP contribution in [0.2, 0.25) is 0 Å². The van der Waals surface area contributed by atoms with Gasteiger partial charge in [0.2, 0.25) is 0 Å². The zero-order chi connectivity index (χ0) is 13.8. The molecule has 0 spiro atoms. The number of aromatic carboxylic acids is 1. The van der Waals surface area contributed by atoms with Crippen molar-refractivity contribution in [1.82, 2.24) is 0 Å². The van der Waals surface area contributed by atoms with Gasteiger partial charge in [0.15, 0.2) is 0 Å². The topological polar surface area (TPSA) is 37.3 Å². The van der Waals surface area contributed by atoms with Crippen molar-refractivity contribution in [3.63, 3.8) is 0 Å². The van der Waals surface area contributed by atoms with Gasteiger partial charge in [-0.2, -0.15) is 0 Å². The fraction of sp³-hybridized carbons (Fsp3) is 0.188. The molecule has 0 aliphatic rings. The van der Waals surface area contributed by atoms with Crippen molar-refractivity contribution in [3.05, 3.63) is 59.2 Å². The molecule has 2 aromatic carbocycles. The predicted octanol–water partition coefficient (Wildman–Crippen LogP) is 4.41. The lowest BCUT2D eigenvalue weighted by atomic mass is 10.1. The highest BCUT2D eigenvalue weighted by Crippen LogP contribution is 2.30. The Labute approximate surface area is 117 Å². The smallest absolute Gasteiger partial charge is 0.335 e. The van der Waals surface area contributed by atoms with E-state index in [9.17, 15) is 4.79 Å². The van der Waals surface area contributed by atoms with Crippen LogP contribution in [0.25, 0.3) is 0 Å². The van der Waals surface area contributed by atoms with Crippen LogP contribution in [0.5, 0.6) is 0 Å². The molecule has 0 radical (unpaired) electrons. The highest BCUT2D eigenvalue weighted by molar-refractivity contribution is 7.99. The van der Waals surface area contributed by atoms with Gasteiger partial charge in [0.1, 0.15) is 0 Å². The standard InChI is InChI=1S/C16H16O2S/c1-3-12-4-7-14(8-5-12)19-15-9-6-13(16(17)18)10-11(15)2/h4-10H,3H2,1-2H3,(H,17,18). The van der Waals surface area contributed by atoms with Crippen molar-refractivity contribution in [3.8, 4) is 0 Å². The van der Waals surface area contributed by atoms with Crippen molar-refractivity contribution in [1.29, 1.82) is 0 Å². The maximum atomic E-state index is 10.9. The average Bonchev–Trinajstić information content (AvgIpc) is 2.41. The van der Waals surface area contributed by atoms with E-state index in [1.54, 1.807) is 23.9 Å². The molecule has 98 valence electrons. The first-order chi connectivity index (χ1) is 9.10. The van der Waals surface area contributed by atoms with E-state index in [-0.39, 0.29) is 0 Å². The highest BCUT2D eigenvalue weighted by atomic mass is 32.2. The Morgan fingerprint density at radius 3 is 2.37 bits per heavy atom. The van der Waals surface area contributed by atoms with Crippen LogP contribution in [0, 0.1) is 6.92 Å².